The third-order valence-electron chi connectivity index (χ3n) is 4.57. The molecule has 0 atom stereocenters. The molecule has 1 aliphatic heterocycles. The maximum atomic E-state index is 13.4. The topological polar surface area (TPSA) is 60.9 Å². The minimum absolute atomic E-state index is 0.0445. The van der Waals surface area contributed by atoms with Crippen molar-refractivity contribution in [2.45, 2.75) is 0 Å². The molecule has 1 heterocycles. The highest BCUT2D eigenvalue weighted by Gasteiger charge is 2.41. The van der Waals surface area contributed by atoms with Gasteiger partial charge in [-0.05, 0) is 60.8 Å². The lowest BCUT2D eigenvalue weighted by atomic mass is 10.0. The molecule has 3 aromatic carbocycles. The van der Waals surface area contributed by atoms with Crippen molar-refractivity contribution < 1.29 is 14.7 Å². The van der Waals surface area contributed by atoms with Crippen LogP contribution in [0.3, 0.4) is 0 Å². The minimum Gasteiger partial charge on any atom is -0.507 e. The number of aromatic hydroxyl groups is 1. The van der Waals surface area contributed by atoms with Crippen LogP contribution in [0.25, 0.3) is 6.08 Å². The van der Waals surface area contributed by atoms with Crippen LogP contribution in [0.4, 0.5) is 11.4 Å². The molecule has 0 spiro atoms. The second-order valence-corrected chi connectivity index (χ2v) is 7.78. The van der Waals surface area contributed by atoms with Crippen molar-refractivity contribution in [2.75, 3.05) is 9.80 Å². The third kappa shape index (κ3) is 3.65. The summed E-state index contributed by atoms with van der Waals surface area (Å²) in [5, 5.41) is 10.3. The van der Waals surface area contributed by atoms with E-state index in [1.54, 1.807) is 60.7 Å². The third-order valence-corrected chi connectivity index (χ3v) is 5.43. The van der Waals surface area contributed by atoms with Gasteiger partial charge in [0.25, 0.3) is 11.8 Å². The Bertz CT molecular complexity index is 1120. The average Bonchev–Trinajstić information content (AvgIpc) is 2.75. The molecule has 0 radical (unpaired) electrons. The van der Waals surface area contributed by atoms with E-state index >= 15 is 0 Å². The van der Waals surface area contributed by atoms with E-state index in [1.807, 2.05) is 12.1 Å². The number of phenolic OH excluding ortho intramolecular Hbond substituents is 1. The number of carbonyl (C=O) groups is 2. The van der Waals surface area contributed by atoms with Gasteiger partial charge in [-0.3, -0.25) is 19.4 Å². The summed E-state index contributed by atoms with van der Waals surface area (Å²) in [6, 6.07) is 22.6. The highest BCUT2D eigenvalue weighted by molar-refractivity contribution is 9.10. The first-order chi connectivity index (χ1) is 14.5. The van der Waals surface area contributed by atoms with Crippen LogP contribution in [0.1, 0.15) is 5.56 Å². The summed E-state index contributed by atoms with van der Waals surface area (Å²) in [6.45, 7) is 0. The summed E-state index contributed by atoms with van der Waals surface area (Å²) in [5.41, 5.74) is 1.33. The van der Waals surface area contributed by atoms with Crippen LogP contribution in [-0.2, 0) is 9.59 Å². The van der Waals surface area contributed by atoms with E-state index in [-0.39, 0.29) is 16.4 Å². The zero-order chi connectivity index (χ0) is 21.3. The normalized spacial score (nSPS) is 14.3. The number of halogens is 1. The summed E-state index contributed by atoms with van der Waals surface area (Å²) < 4.78 is 0.707. The number of hydrogen-bond acceptors (Lipinski definition) is 4. The molecule has 2 amide bonds. The van der Waals surface area contributed by atoms with E-state index in [9.17, 15) is 14.7 Å². The number of anilines is 2. The van der Waals surface area contributed by atoms with Crippen molar-refractivity contribution in [1.82, 2.24) is 0 Å². The number of carbonyl (C=O) groups excluding carboxylic acids is 2. The van der Waals surface area contributed by atoms with Crippen LogP contribution in [0.5, 0.6) is 5.75 Å². The van der Waals surface area contributed by atoms with Crippen LogP contribution < -0.4 is 9.80 Å². The maximum Gasteiger partial charge on any atom is 0.270 e. The molecule has 1 N–H and O–H groups in total. The number of para-hydroxylation sites is 2. The van der Waals surface area contributed by atoms with E-state index in [4.69, 9.17) is 12.2 Å². The lowest BCUT2D eigenvalue weighted by Crippen LogP contribution is -2.56. The molecule has 0 saturated carbocycles. The molecule has 1 aliphatic rings. The van der Waals surface area contributed by atoms with E-state index < -0.39 is 11.8 Å². The Kier molecular flexibility index (Phi) is 5.48. The zero-order valence-corrected chi connectivity index (χ0v) is 17.9. The molecule has 0 aromatic heterocycles. The summed E-state index contributed by atoms with van der Waals surface area (Å²) in [7, 11) is 0. The molecule has 1 saturated heterocycles. The van der Waals surface area contributed by atoms with Crippen LogP contribution in [0.2, 0.25) is 0 Å². The van der Waals surface area contributed by atoms with Crippen LogP contribution in [0.15, 0.2) is 88.9 Å². The maximum absolute atomic E-state index is 13.4. The standard InChI is InChI=1S/C23H15BrN2O3S/c24-16-11-12-20(27)15(13-16)14-19-21(28)25(17-7-3-1-4-8-17)23(30)26(22(19)29)18-9-5-2-6-10-18/h1-14,27H. The van der Waals surface area contributed by atoms with Crippen molar-refractivity contribution in [3.63, 3.8) is 0 Å². The van der Waals surface area contributed by atoms with Crippen LogP contribution >= 0.6 is 28.1 Å². The van der Waals surface area contributed by atoms with E-state index in [2.05, 4.69) is 15.9 Å². The van der Waals surface area contributed by atoms with Crippen LogP contribution in [-0.4, -0.2) is 22.0 Å². The Balaban J connectivity index is 1.90. The van der Waals surface area contributed by atoms with Gasteiger partial charge in [0.15, 0.2) is 5.11 Å². The van der Waals surface area contributed by atoms with Crippen molar-refractivity contribution in [1.29, 1.82) is 0 Å². The van der Waals surface area contributed by atoms with Gasteiger partial charge in [-0.1, -0.05) is 52.3 Å². The van der Waals surface area contributed by atoms with Crippen molar-refractivity contribution in [3.05, 3.63) is 94.5 Å². The van der Waals surface area contributed by atoms with Gasteiger partial charge in [0.2, 0.25) is 0 Å². The first-order valence-electron chi connectivity index (χ1n) is 9.00. The number of nitrogens with zero attached hydrogens (tertiary/aromatic N) is 2. The Morgan fingerprint density at radius 2 is 1.30 bits per heavy atom. The number of hydrogen-bond donors (Lipinski definition) is 1. The number of phenols is 1. The Morgan fingerprint density at radius 1 is 0.800 bits per heavy atom. The van der Waals surface area contributed by atoms with Crippen molar-refractivity contribution >= 4 is 62.5 Å². The molecule has 148 valence electrons. The smallest absolute Gasteiger partial charge is 0.270 e. The lowest BCUT2D eigenvalue weighted by Gasteiger charge is -2.36. The van der Waals surface area contributed by atoms with Gasteiger partial charge < -0.3 is 5.11 Å². The van der Waals surface area contributed by atoms with Crippen LogP contribution in [0, 0.1) is 0 Å². The molecule has 0 aliphatic carbocycles. The summed E-state index contributed by atoms with van der Waals surface area (Å²) >= 11 is 8.90. The second-order valence-electron chi connectivity index (χ2n) is 6.50. The fourth-order valence-electron chi connectivity index (χ4n) is 3.14. The van der Waals surface area contributed by atoms with Gasteiger partial charge in [-0.2, -0.15) is 0 Å². The molecule has 30 heavy (non-hydrogen) atoms. The second kappa shape index (κ2) is 8.22. The highest BCUT2D eigenvalue weighted by atomic mass is 79.9. The quantitative estimate of drug-likeness (QED) is 0.330. The fourth-order valence-corrected chi connectivity index (χ4v) is 3.89. The highest BCUT2D eigenvalue weighted by Crippen LogP contribution is 2.31. The van der Waals surface area contributed by atoms with Crippen molar-refractivity contribution in [2.24, 2.45) is 0 Å². The molecule has 4 rings (SSSR count). The molecule has 0 unspecified atom stereocenters. The van der Waals surface area contributed by atoms with Gasteiger partial charge in [0.05, 0.1) is 11.4 Å². The Labute approximate surface area is 187 Å². The summed E-state index contributed by atoms with van der Waals surface area (Å²) in [5.74, 6) is -1.15. The predicted molar refractivity (Wildman–Crippen MR) is 124 cm³/mol. The Hall–Kier alpha value is -3.29. The zero-order valence-electron chi connectivity index (χ0n) is 15.5. The lowest BCUT2D eigenvalue weighted by molar-refractivity contribution is -0.120. The SMILES string of the molecule is O=C1C(=Cc2cc(Br)ccc2O)C(=O)N(c2ccccc2)C(=S)N1c1ccccc1. The molecule has 5 nitrogen and oxygen atoms in total. The van der Waals surface area contributed by atoms with E-state index in [1.165, 1.54) is 21.9 Å². The molecular formula is C23H15BrN2O3S. The number of benzene rings is 3. The minimum atomic E-state index is -0.553. The largest absolute Gasteiger partial charge is 0.507 e. The van der Waals surface area contributed by atoms with Gasteiger partial charge in [-0.25, -0.2) is 0 Å². The number of amides is 2. The molecule has 3 aromatic rings. The van der Waals surface area contributed by atoms with Gasteiger partial charge in [0.1, 0.15) is 11.3 Å². The van der Waals surface area contributed by atoms with Gasteiger partial charge in [0, 0.05) is 10.0 Å². The molecule has 0 bridgehead atoms. The number of thiocarbonyl (C=S) groups is 1. The Morgan fingerprint density at radius 3 is 1.80 bits per heavy atom. The molecule has 1 fully saturated rings. The summed E-state index contributed by atoms with van der Waals surface area (Å²) in [4.78, 5) is 29.4. The predicted octanol–water partition coefficient (Wildman–Crippen LogP) is 4.90. The first kappa shape index (κ1) is 20.0. The fraction of sp³-hybridized carbons (Fsp3) is 0. The molecule has 7 heteroatoms. The van der Waals surface area contributed by atoms with E-state index in [0.717, 1.165) is 0 Å². The number of rotatable bonds is 3. The van der Waals surface area contributed by atoms with Crippen molar-refractivity contribution in [3.8, 4) is 5.75 Å². The van der Waals surface area contributed by atoms with Gasteiger partial charge in [-0.15, -0.1) is 0 Å². The molecular weight excluding hydrogens is 464 g/mol. The van der Waals surface area contributed by atoms with Gasteiger partial charge >= 0.3 is 0 Å². The summed E-state index contributed by atoms with van der Waals surface area (Å²) in [6.07, 6.45) is 1.39. The monoisotopic (exact) mass is 478 g/mol. The van der Waals surface area contributed by atoms with E-state index in [0.29, 0.717) is 21.4 Å². The average molecular weight is 479 g/mol. The first-order valence-corrected chi connectivity index (χ1v) is 10.2.